The highest BCUT2D eigenvalue weighted by Gasteiger charge is 2.36. The van der Waals surface area contributed by atoms with Crippen molar-refractivity contribution in [2.45, 2.75) is 26.4 Å². The average Bonchev–Trinajstić information content (AvgIpc) is 3.03. The predicted octanol–water partition coefficient (Wildman–Crippen LogP) is 3.13. The molecule has 0 spiro atoms. The topological polar surface area (TPSA) is 63.7 Å². The summed E-state index contributed by atoms with van der Waals surface area (Å²) in [6.07, 6.45) is 2.13. The number of imide groups is 1. The Bertz CT molecular complexity index is 580. The van der Waals surface area contributed by atoms with Crippen molar-refractivity contribution in [2.24, 2.45) is 0 Å². The van der Waals surface area contributed by atoms with Crippen LogP contribution >= 0.6 is 23.1 Å². The van der Waals surface area contributed by atoms with Gasteiger partial charge in [0.05, 0.1) is 11.0 Å². The lowest BCUT2D eigenvalue weighted by Gasteiger charge is -2.14. The molecule has 0 N–H and O–H groups in total. The first-order chi connectivity index (χ1) is 10.0. The van der Waals surface area contributed by atoms with Crippen LogP contribution in [-0.2, 0) is 14.3 Å². The Morgan fingerprint density at radius 3 is 2.86 bits per heavy atom. The largest absolute Gasteiger partial charge is 0.461 e. The van der Waals surface area contributed by atoms with E-state index in [0.29, 0.717) is 11.3 Å². The maximum absolute atomic E-state index is 12.1. The Morgan fingerprint density at radius 2 is 2.24 bits per heavy atom. The number of hydrogen-bond acceptors (Lipinski definition) is 6. The molecular weight excluding hydrogens is 310 g/mol. The highest BCUT2D eigenvalue weighted by Crippen LogP contribution is 2.32. The molecule has 1 saturated heterocycles. The van der Waals surface area contributed by atoms with Gasteiger partial charge in [-0.1, -0.05) is 13.0 Å². The summed E-state index contributed by atoms with van der Waals surface area (Å²) in [4.78, 5) is 37.8. The molecule has 1 fully saturated rings. The van der Waals surface area contributed by atoms with Crippen LogP contribution in [0, 0.1) is 0 Å². The molecule has 7 heteroatoms. The van der Waals surface area contributed by atoms with E-state index in [9.17, 15) is 14.4 Å². The van der Waals surface area contributed by atoms with Crippen LogP contribution in [0.15, 0.2) is 22.4 Å². The standard InChI is InChI=1S/C14H15NO4S2/c1-3-9(2)19-12(16)8-15-13(17)11(21-14(15)18)7-10-5-4-6-20-10/h4-7,9H,3,8H2,1-2H3/b11-7+/t9-/m0/s1. The lowest BCUT2D eigenvalue weighted by atomic mass is 10.3. The van der Waals surface area contributed by atoms with Crippen LogP contribution in [0.4, 0.5) is 4.79 Å². The molecule has 0 radical (unpaired) electrons. The van der Waals surface area contributed by atoms with Gasteiger partial charge >= 0.3 is 5.97 Å². The maximum Gasteiger partial charge on any atom is 0.326 e. The zero-order chi connectivity index (χ0) is 15.4. The number of esters is 1. The van der Waals surface area contributed by atoms with Crippen molar-refractivity contribution in [2.75, 3.05) is 6.54 Å². The Kier molecular flexibility index (Phi) is 5.19. The van der Waals surface area contributed by atoms with Gasteiger partial charge in [0.25, 0.3) is 11.1 Å². The number of nitrogens with zero attached hydrogens (tertiary/aromatic N) is 1. The van der Waals surface area contributed by atoms with Crippen molar-refractivity contribution in [3.05, 3.63) is 27.3 Å². The van der Waals surface area contributed by atoms with Crippen molar-refractivity contribution in [3.63, 3.8) is 0 Å². The Hall–Kier alpha value is -1.60. The summed E-state index contributed by atoms with van der Waals surface area (Å²) in [6, 6.07) is 3.72. The monoisotopic (exact) mass is 325 g/mol. The molecule has 0 aromatic carbocycles. The van der Waals surface area contributed by atoms with Gasteiger partial charge in [-0.25, -0.2) is 0 Å². The van der Waals surface area contributed by atoms with E-state index < -0.39 is 17.1 Å². The van der Waals surface area contributed by atoms with Gasteiger partial charge in [-0.3, -0.25) is 19.3 Å². The third kappa shape index (κ3) is 3.95. The maximum atomic E-state index is 12.1. The lowest BCUT2D eigenvalue weighted by Crippen LogP contribution is -2.35. The van der Waals surface area contributed by atoms with Crippen LogP contribution in [0.1, 0.15) is 25.1 Å². The van der Waals surface area contributed by atoms with Crippen molar-refractivity contribution < 1.29 is 19.1 Å². The summed E-state index contributed by atoms with van der Waals surface area (Å²) < 4.78 is 5.09. The Morgan fingerprint density at radius 1 is 1.48 bits per heavy atom. The van der Waals surface area contributed by atoms with Gasteiger partial charge in [0, 0.05) is 4.88 Å². The van der Waals surface area contributed by atoms with E-state index in [1.54, 1.807) is 13.0 Å². The quantitative estimate of drug-likeness (QED) is 0.615. The van der Waals surface area contributed by atoms with E-state index >= 15 is 0 Å². The first-order valence-corrected chi connectivity index (χ1v) is 8.19. The number of rotatable bonds is 5. The van der Waals surface area contributed by atoms with E-state index in [2.05, 4.69) is 0 Å². The molecule has 5 nitrogen and oxygen atoms in total. The van der Waals surface area contributed by atoms with Crippen LogP contribution in [0.5, 0.6) is 0 Å². The molecule has 0 unspecified atom stereocenters. The van der Waals surface area contributed by atoms with E-state index in [0.717, 1.165) is 21.5 Å². The minimum absolute atomic E-state index is 0.223. The van der Waals surface area contributed by atoms with Crippen molar-refractivity contribution in [3.8, 4) is 0 Å². The minimum Gasteiger partial charge on any atom is -0.461 e. The van der Waals surface area contributed by atoms with Gasteiger partial charge in [-0.05, 0) is 42.6 Å². The number of carbonyl (C=O) groups excluding carboxylic acids is 3. The molecule has 1 aromatic rings. The number of ether oxygens (including phenoxy) is 1. The van der Waals surface area contributed by atoms with Crippen LogP contribution in [0.2, 0.25) is 0 Å². The fourth-order valence-electron chi connectivity index (χ4n) is 1.61. The second-order valence-corrected chi connectivity index (χ2v) is 6.46. The molecule has 21 heavy (non-hydrogen) atoms. The minimum atomic E-state index is -0.566. The molecule has 1 aromatic heterocycles. The van der Waals surface area contributed by atoms with E-state index in [1.165, 1.54) is 11.3 Å². The van der Waals surface area contributed by atoms with Crippen molar-refractivity contribution in [1.29, 1.82) is 0 Å². The van der Waals surface area contributed by atoms with Crippen LogP contribution < -0.4 is 0 Å². The normalized spacial score (nSPS) is 18.4. The molecule has 0 bridgehead atoms. The van der Waals surface area contributed by atoms with Crippen molar-refractivity contribution >= 4 is 46.3 Å². The Labute approximate surface area is 131 Å². The second kappa shape index (κ2) is 6.91. The first kappa shape index (κ1) is 15.8. The summed E-state index contributed by atoms with van der Waals surface area (Å²) in [5, 5.41) is 1.45. The van der Waals surface area contributed by atoms with Gasteiger partial charge in [-0.15, -0.1) is 11.3 Å². The fraction of sp³-hybridized carbons (Fsp3) is 0.357. The molecule has 0 saturated carbocycles. The van der Waals surface area contributed by atoms with Gasteiger partial charge in [0.15, 0.2) is 0 Å². The van der Waals surface area contributed by atoms with Crippen molar-refractivity contribution in [1.82, 2.24) is 4.90 Å². The summed E-state index contributed by atoms with van der Waals surface area (Å²) >= 11 is 2.32. The van der Waals surface area contributed by atoms with Gasteiger partial charge < -0.3 is 4.74 Å². The third-order valence-electron chi connectivity index (χ3n) is 2.88. The Balaban J connectivity index is 2.03. The van der Waals surface area contributed by atoms with Gasteiger partial charge in [0.1, 0.15) is 6.54 Å². The molecule has 2 rings (SSSR count). The smallest absolute Gasteiger partial charge is 0.326 e. The number of thiophene rings is 1. The number of amides is 2. The number of hydrogen-bond donors (Lipinski definition) is 0. The molecular formula is C14H15NO4S2. The molecule has 1 aliphatic rings. The molecule has 1 aliphatic heterocycles. The molecule has 1 atom stereocenters. The molecule has 2 amide bonds. The summed E-state index contributed by atoms with van der Waals surface area (Å²) in [5.74, 6) is -1.01. The van der Waals surface area contributed by atoms with E-state index in [4.69, 9.17) is 4.74 Å². The highest BCUT2D eigenvalue weighted by atomic mass is 32.2. The fourth-order valence-corrected chi connectivity index (χ4v) is 3.17. The van der Waals surface area contributed by atoms with E-state index in [1.807, 2.05) is 24.4 Å². The van der Waals surface area contributed by atoms with E-state index in [-0.39, 0.29) is 12.6 Å². The van der Waals surface area contributed by atoms with Gasteiger partial charge in [-0.2, -0.15) is 0 Å². The molecule has 0 aliphatic carbocycles. The average molecular weight is 325 g/mol. The van der Waals surface area contributed by atoms with Gasteiger partial charge in [0.2, 0.25) is 0 Å². The first-order valence-electron chi connectivity index (χ1n) is 6.49. The third-order valence-corrected chi connectivity index (χ3v) is 4.61. The van der Waals surface area contributed by atoms with Crippen LogP contribution in [-0.4, -0.2) is 34.7 Å². The summed E-state index contributed by atoms with van der Waals surface area (Å²) in [5.41, 5.74) is 0. The number of thioether (sulfide) groups is 1. The number of carbonyl (C=O) groups is 3. The lowest BCUT2D eigenvalue weighted by molar-refractivity contribution is -0.150. The zero-order valence-electron chi connectivity index (χ0n) is 11.7. The zero-order valence-corrected chi connectivity index (χ0v) is 13.3. The molecule has 112 valence electrons. The van der Waals surface area contributed by atoms with Crippen LogP contribution in [0.25, 0.3) is 6.08 Å². The predicted molar refractivity (Wildman–Crippen MR) is 82.8 cm³/mol. The molecule has 2 heterocycles. The van der Waals surface area contributed by atoms with Crippen LogP contribution in [0.3, 0.4) is 0 Å². The second-order valence-electron chi connectivity index (χ2n) is 4.49. The summed E-state index contributed by atoms with van der Waals surface area (Å²) in [6.45, 7) is 3.32. The highest BCUT2D eigenvalue weighted by molar-refractivity contribution is 8.18. The SMILES string of the molecule is CC[C@H](C)OC(=O)CN1C(=O)S/C(=C/c2cccs2)C1=O. The summed E-state index contributed by atoms with van der Waals surface area (Å²) in [7, 11) is 0.